The number of hydrogen-bond acceptors (Lipinski definition) is 4. The number of aromatic nitrogens is 2. The average molecular weight is 325 g/mol. The highest BCUT2D eigenvalue weighted by molar-refractivity contribution is 6.34. The lowest BCUT2D eigenvalue weighted by Crippen LogP contribution is -2.08. The fourth-order valence-corrected chi connectivity index (χ4v) is 2.88. The van der Waals surface area contributed by atoms with Crippen molar-refractivity contribution < 1.29 is 0 Å². The van der Waals surface area contributed by atoms with E-state index in [1.54, 1.807) is 6.07 Å². The fourth-order valence-electron chi connectivity index (χ4n) is 2.34. The fraction of sp³-hybridized carbons (Fsp3) is 0.333. The summed E-state index contributed by atoms with van der Waals surface area (Å²) in [4.78, 5) is 8.17. The van der Waals surface area contributed by atoms with Crippen LogP contribution in [-0.2, 0) is 6.42 Å². The standard InChI is InChI=1S/C15H18Cl2N4/c1-8(10-5-11(16)7-12(17)6-10)3-4-13-9(2)20-15(19)21-14(13)18/h5-8H,3-4H2,1-2H3,(H4,18,19,20,21). The Hall–Kier alpha value is -1.52. The molecule has 0 bridgehead atoms. The minimum absolute atomic E-state index is 0.212. The second kappa shape index (κ2) is 6.50. The Morgan fingerprint density at radius 1 is 1.10 bits per heavy atom. The van der Waals surface area contributed by atoms with Crippen LogP contribution in [0.5, 0.6) is 0 Å². The third kappa shape index (κ3) is 3.99. The van der Waals surface area contributed by atoms with Gasteiger partial charge in [-0.1, -0.05) is 30.1 Å². The number of rotatable bonds is 4. The highest BCUT2D eigenvalue weighted by Gasteiger charge is 2.12. The number of nitrogens with zero attached hydrogens (tertiary/aromatic N) is 2. The number of anilines is 2. The molecule has 6 heteroatoms. The van der Waals surface area contributed by atoms with E-state index in [-0.39, 0.29) is 5.95 Å². The van der Waals surface area contributed by atoms with Gasteiger partial charge in [0.05, 0.1) is 0 Å². The van der Waals surface area contributed by atoms with Crippen molar-refractivity contribution in [2.24, 2.45) is 0 Å². The van der Waals surface area contributed by atoms with Gasteiger partial charge in [0, 0.05) is 21.3 Å². The quantitative estimate of drug-likeness (QED) is 0.891. The molecular weight excluding hydrogens is 307 g/mol. The molecule has 1 aromatic carbocycles. The van der Waals surface area contributed by atoms with Crippen molar-refractivity contribution in [3.63, 3.8) is 0 Å². The summed E-state index contributed by atoms with van der Waals surface area (Å²) in [7, 11) is 0. The molecule has 1 unspecified atom stereocenters. The molecule has 0 saturated heterocycles. The van der Waals surface area contributed by atoms with Gasteiger partial charge in [0.2, 0.25) is 5.95 Å². The van der Waals surface area contributed by atoms with Crippen LogP contribution >= 0.6 is 23.2 Å². The molecule has 21 heavy (non-hydrogen) atoms. The molecule has 0 spiro atoms. The Morgan fingerprint density at radius 3 is 2.29 bits per heavy atom. The van der Waals surface area contributed by atoms with E-state index in [4.69, 9.17) is 34.7 Å². The summed E-state index contributed by atoms with van der Waals surface area (Å²) >= 11 is 12.1. The molecular formula is C15H18Cl2N4. The third-order valence-electron chi connectivity index (χ3n) is 3.54. The molecule has 0 amide bonds. The molecule has 0 fully saturated rings. The van der Waals surface area contributed by atoms with Gasteiger partial charge in [0.25, 0.3) is 0 Å². The lowest BCUT2D eigenvalue weighted by molar-refractivity contribution is 0.676. The van der Waals surface area contributed by atoms with Gasteiger partial charge < -0.3 is 11.5 Å². The molecule has 1 heterocycles. The first kappa shape index (κ1) is 15.9. The number of nitrogens with two attached hydrogens (primary N) is 2. The summed E-state index contributed by atoms with van der Waals surface area (Å²) in [6.07, 6.45) is 1.68. The molecule has 1 aromatic heterocycles. The second-order valence-electron chi connectivity index (χ2n) is 5.17. The summed E-state index contributed by atoms with van der Waals surface area (Å²) in [5, 5.41) is 1.30. The van der Waals surface area contributed by atoms with Gasteiger partial charge in [0.1, 0.15) is 5.82 Å². The van der Waals surface area contributed by atoms with E-state index in [0.717, 1.165) is 29.7 Å². The largest absolute Gasteiger partial charge is 0.383 e. The molecule has 2 aromatic rings. The van der Waals surface area contributed by atoms with Gasteiger partial charge in [0.15, 0.2) is 0 Å². The van der Waals surface area contributed by atoms with Crippen LogP contribution in [0.3, 0.4) is 0 Å². The van der Waals surface area contributed by atoms with E-state index < -0.39 is 0 Å². The van der Waals surface area contributed by atoms with E-state index in [0.29, 0.717) is 21.8 Å². The lowest BCUT2D eigenvalue weighted by Gasteiger charge is -2.14. The molecule has 0 aliphatic carbocycles. The van der Waals surface area contributed by atoms with Crippen LogP contribution in [0.4, 0.5) is 11.8 Å². The van der Waals surface area contributed by atoms with Crippen LogP contribution in [-0.4, -0.2) is 9.97 Å². The summed E-state index contributed by atoms with van der Waals surface area (Å²) in [6, 6.07) is 5.61. The monoisotopic (exact) mass is 324 g/mol. The number of halogens is 2. The number of nitrogen functional groups attached to an aromatic ring is 2. The Balaban J connectivity index is 2.12. The maximum absolute atomic E-state index is 6.04. The predicted molar refractivity (Wildman–Crippen MR) is 88.8 cm³/mol. The number of aryl methyl sites for hydroxylation is 1. The smallest absolute Gasteiger partial charge is 0.222 e. The second-order valence-corrected chi connectivity index (χ2v) is 6.05. The summed E-state index contributed by atoms with van der Waals surface area (Å²) in [6.45, 7) is 4.02. The minimum atomic E-state index is 0.212. The minimum Gasteiger partial charge on any atom is -0.383 e. The van der Waals surface area contributed by atoms with Gasteiger partial charge in [-0.05, 0) is 49.4 Å². The molecule has 0 radical (unpaired) electrons. The van der Waals surface area contributed by atoms with Gasteiger partial charge in [-0.2, -0.15) is 4.98 Å². The van der Waals surface area contributed by atoms with E-state index >= 15 is 0 Å². The molecule has 0 aliphatic rings. The predicted octanol–water partition coefficient (Wildman–Crippen LogP) is 3.99. The topological polar surface area (TPSA) is 77.8 Å². The molecule has 4 nitrogen and oxygen atoms in total. The number of hydrogen-bond donors (Lipinski definition) is 2. The Morgan fingerprint density at radius 2 is 1.71 bits per heavy atom. The average Bonchev–Trinajstić information content (AvgIpc) is 2.35. The maximum Gasteiger partial charge on any atom is 0.222 e. The first-order valence-electron chi connectivity index (χ1n) is 6.71. The first-order chi connectivity index (χ1) is 9.86. The van der Waals surface area contributed by atoms with Gasteiger partial charge in [-0.3, -0.25) is 0 Å². The maximum atomic E-state index is 6.04. The molecule has 0 aliphatic heterocycles. The van der Waals surface area contributed by atoms with Crippen LogP contribution in [0.15, 0.2) is 18.2 Å². The van der Waals surface area contributed by atoms with E-state index in [1.165, 1.54) is 0 Å². The van der Waals surface area contributed by atoms with E-state index in [1.807, 2.05) is 19.1 Å². The zero-order valence-corrected chi connectivity index (χ0v) is 13.5. The zero-order valence-electron chi connectivity index (χ0n) is 12.0. The van der Waals surface area contributed by atoms with E-state index in [2.05, 4.69) is 16.9 Å². The van der Waals surface area contributed by atoms with Crippen molar-refractivity contribution in [3.05, 3.63) is 45.1 Å². The first-order valence-corrected chi connectivity index (χ1v) is 7.47. The zero-order chi connectivity index (χ0) is 15.6. The molecule has 2 rings (SSSR count). The Bertz CT molecular complexity index is 615. The van der Waals surface area contributed by atoms with Gasteiger partial charge >= 0.3 is 0 Å². The van der Waals surface area contributed by atoms with Crippen LogP contribution in [0.2, 0.25) is 10.0 Å². The van der Waals surface area contributed by atoms with Crippen LogP contribution in [0.1, 0.15) is 36.1 Å². The Labute approximate surface area is 134 Å². The summed E-state index contributed by atoms with van der Waals surface area (Å²) in [5.41, 5.74) is 14.4. The number of benzene rings is 1. The van der Waals surface area contributed by atoms with Crippen molar-refractivity contribution in [1.29, 1.82) is 0 Å². The van der Waals surface area contributed by atoms with E-state index in [9.17, 15) is 0 Å². The van der Waals surface area contributed by atoms with Crippen LogP contribution in [0.25, 0.3) is 0 Å². The molecule has 0 saturated carbocycles. The van der Waals surface area contributed by atoms with Crippen LogP contribution < -0.4 is 11.5 Å². The van der Waals surface area contributed by atoms with Crippen molar-refractivity contribution in [3.8, 4) is 0 Å². The van der Waals surface area contributed by atoms with Gasteiger partial charge in [-0.15, -0.1) is 0 Å². The van der Waals surface area contributed by atoms with Crippen molar-refractivity contribution >= 4 is 35.0 Å². The third-order valence-corrected chi connectivity index (χ3v) is 3.98. The lowest BCUT2D eigenvalue weighted by atomic mass is 9.94. The molecule has 112 valence electrons. The van der Waals surface area contributed by atoms with Crippen LogP contribution in [0, 0.1) is 6.92 Å². The normalized spacial score (nSPS) is 12.4. The van der Waals surface area contributed by atoms with Crippen molar-refractivity contribution in [1.82, 2.24) is 9.97 Å². The SMILES string of the molecule is Cc1nc(N)nc(N)c1CCC(C)c1cc(Cl)cc(Cl)c1. The highest BCUT2D eigenvalue weighted by Crippen LogP contribution is 2.28. The molecule has 1 atom stereocenters. The Kier molecular flexibility index (Phi) is 4.91. The molecule has 4 N–H and O–H groups in total. The summed E-state index contributed by atoms with van der Waals surface area (Å²) < 4.78 is 0. The van der Waals surface area contributed by atoms with Crippen molar-refractivity contribution in [2.75, 3.05) is 11.5 Å². The van der Waals surface area contributed by atoms with Gasteiger partial charge in [-0.25, -0.2) is 4.98 Å². The van der Waals surface area contributed by atoms with Crippen molar-refractivity contribution in [2.45, 2.75) is 32.6 Å². The summed E-state index contributed by atoms with van der Waals surface area (Å²) in [5.74, 6) is 0.970. The highest BCUT2D eigenvalue weighted by atomic mass is 35.5.